The highest BCUT2D eigenvalue weighted by Crippen LogP contribution is 2.29. The number of methoxy groups -OCH3 is 2. The number of rotatable bonds is 5. The lowest BCUT2D eigenvalue weighted by Crippen LogP contribution is -1.91. The zero-order chi connectivity index (χ0) is 14.4. The van der Waals surface area contributed by atoms with Crippen LogP contribution < -0.4 is 9.47 Å². The van der Waals surface area contributed by atoms with Gasteiger partial charge in [0.25, 0.3) is 0 Å². The normalized spacial score (nSPS) is 11.0. The Balaban J connectivity index is 2.40. The van der Waals surface area contributed by atoms with Crippen LogP contribution in [0.2, 0.25) is 0 Å². The van der Waals surface area contributed by atoms with Gasteiger partial charge in [-0.3, -0.25) is 4.79 Å². The molecule has 0 fully saturated rings. The van der Waals surface area contributed by atoms with Crippen molar-refractivity contribution in [2.75, 3.05) is 14.2 Å². The summed E-state index contributed by atoms with van der Waals surface area (Å²) in [7, 11) is 3.18. The molecule has 0 saturated heterocycles. The van der Waals surface area contributed by atoms with Gasteiger partial charge in [-0.1, -0.05) is 36.4 Å². The topological polar surface area (TPSA) is 35.5 Å². The van der Waals surface area contributed by atoms with E-state index >= 15 is 0 Å². The Morgan fingerprint density at radius 1 is 0.950 bits per heavy atom. The van der Waals surface area contributed by atoms with Crippen molar-refractivity contribution >= 4 is 17.9 Å². The quantitative estimate of drug-likeness (QED) is 0.473. The molecule has 102 valence electrons. The molecule has 2 aromatic carbocycles. The largest absolute Gasteiger partial charge is 0.493 e. The van der Waals surface area contributed by atoms with Crippen molar-refractivity contribution in [2.45, 2.75) is 0 Å². The van der Waals surface area contributed by atoms with Crippen LogP contribution in [0.5, 0.6) is 11.5 Å². The fraction of sp³-hybridized carbons (Fsp3) is 0.118. The third kappa shape index (κ3) is 3.06. The smallest absolute Gasteiger partial charge is 0.161 e. The van der Waals surface area contributed by atoms with Crippen LogP contribution in [-0.4, -0.2) is 20.5 Å². The molecule has 0 amide bonds. The second-order valence-corrected chi connectivity index (χ2v) is 4.20. The van der Waals surface area contributed by atoms with Crippen LogP contribution in [0.1, 0.15) is 11.1 Å². The Kier molecular flexibility index (Phi) is 4.56. The molecule has 3 nitrogen and oxygen atoms in total. The van der Waals surface area contributed by atoms with Gasteiger partial charge < -0.3 is 9.47 Å². The van der Waals surface area contributed by atoms with Crippen molar-refractivity contribution in [3.8, 4) is 11.5 Å². The monoisotopic (exact) mass is 268 g/mol. The van der Waals surface area contributed by atoms with Gasteiger partial charge in [0.2, 0.25) is 0 Å². The van der Waals surface area contributed by atoms with E-state index in [9.17, 15) is 4.79 Å². The molecule has 0 saturated carbocycles. The highest BCUT2D eigenvalue weighted by Gasteiger charge is 2.05. The van der Waals surface area contributed by atoms with Crippen LogP contribution in [0.25, 0.3) is 11.6 Å². The SMILES string of the molecule is COc1ccc(/C=C(/C=O)c2ccccc2)cc1OC. The molecule has 0 unspecified atom stereocenters. The first-order valence-electron chi connectivity index (χ1n) is 6.23. The van der Waals surface area contributed by atoms with Crippen molar-refractivity contribution in [1.82, 2.24) is 0 Å². The molecule has 0 heterocycles. The predicted octanol–water partition coefficient (Wildman–Crippen LogP) is 3.44. The summed E-state index contributed by atoms with van der Waals surface area (Å²) in [5, 5.41) is 0. The Labute approximate surface area is 118 Å². The number of allylic oxidation sites excluding steroid dienone is 1. The first-order valence-corrected chi connectivity index (χ1v) is 6.23. The summed E-state index contributed by atoms with van der Waals surface area (Å²) < 4.78 is 10.4. The van der Waals surface area contributed by atoms with Gasteiger partial charge in [-0.05, 0) is 29.3 Å². The molecule has 0 radical (unpaired) electrons. The molecule has 2 aromatic rings. The van der Waals surface area contributed by atoms with Gasteiger partial charge in [0.1, 0.15) is 0 Å². The molecule has 3 heteroatoms. The van der Waals surface area contributed by atoms with E-state index < -0.39 is 0 Å². The van der Waals surface area contributed by atoms with Crippen molar-refractivity contribution < 1.29 is 14.3 Å². The van der Waals surface area contributed by atoms with Crippen LogP contribution in [0, 0.1) is 0 Å². The first kappa shape index (κ1) is 13.9. The minimum absolute atomic E-state index is 0.623. The Morgan fingerprint density at radius 2 is 1.65 bits per heavy atom. The van der Waals surface area contributed by atoms with Crippen molar-refractivity contribution in [2.24, 2.45) is 0 Å². The molecular weight excluding hydrogens is 252 g/mol. The van der Waals surface area contributed by atoms with E-state index in [1.54, 1.807) is 14.2 Å². The maximum Gasteiger partial charge on any atom is 0.161 e. The first-order chi connectivity index (χ1) is 9.78. The third-order valence-corrected chi connectivity index (χ3v) is 2.96. The van der Waals surface area contributed by atoms with Gasteiger partial charge >= 0.3 is 0 Å². The van der Waals surface area contributed by atoms with Gasteiger partial charge in [0.05, 0.1) is 14.2 Å². The lowest BCUT2D eigenvalue weighted by Gasteiger charge is -2.08. The molecule has 20 heavy (non-hydrogen) atoms. The number of ether oxygens (including phenoxy) is 2. The predicted molar refractivity (Wildman–Crippen MR) is 79.9 cm³/mol. The number of hydrogen-bond acceptors (Lipinski definition) is 3. The van der Waals surface area contributed by atoms with Crippen LogP contribution in [0.3, 0.4) is 0 Å². The standard InChI is InChI=1S/C17H16O3/c1-19-16-9-8-13(11-17(16)20-2)10-15(12-18)14-6-4-3-5-7-14/h3-12H,1-2H3/b15-10-. The minimum Gasteiger partial charge on any atom is -0.493 e. The zero-order valence-electron chi connectivity index (χ0n) is 11.5. The summed E-state index contributed by atoms with van der Waals surface area (Å²) in [5.74, 6) is 1.30. The summed E-state index contributed by atoms with van der Waals surface area (Å²) in [6.45, 7) is 0. The lowest BCUT2D eigenvalue weighted by molar-refractivity contribution is -0.103. The molecular formula is C17H16O3. The van der Waals surface area contributed by atoms with E-state index in [0.29, 0.717) is 17.1 Å². The molecule has 2 rings (SSSR count). The highest BCUT2D eigenvalue weighted by molar-refractivity contribution is 6.13. The third-order valence-electron chi connectivity index (χ3n) is 2.96. The van der Waals surface area contributed by atoms with Crippen LogP contribution in [0.4, 0.5) is 0 Å². The van der Waals surface area contributed by atoms with Crippen LogP contribution in [0.15, 0.2) is 48.5 Å². The molecule has 0 aliphatic rings. The highest BCUT2D eigenvalue weighted by atomic mass is 16.5. The Morgan fingerprint density at radius 3 is 2.25 bits per heavy atom. The van der Waals surface area contributed by atoms with E-state index in [4.69, 9.17) is 9.47 Å². The number of hydrogen-bond donors (Lipinski definition) is 0. The maximum atomic E-state index is 11.3. The summed E-state index contributed by atoms with van der Waals surface area (Å²) in [5.41, 5.74) is 2.39. The zero-order valence-corrected chi connectivity index (χ0v) is 11.5. The molecule has 0 N–H and O–H groups in total. The average Bonchev–Trinajstić information content (AvgIpc) is 2.53. The summed E-state index contributed by atoms with van der Waals surface area (Å²) in [4.78, 5) is 11.3. The Bertz CT molecular complexity index is 615. The maximum absolute atomic E-state index is 11.3. The molecule has 0 spiro atoms. The average molecular weight is 268 g/mol. The molecule has 0 atom stereocenters. The lowest BCUT2D eigenvalue weighted by atomic mass is 10.0. The van der Waals surface area contributed by atoms with E-state index in [-0.39, 0.29) is 0 Å². The van der Waals surface area contributed by atoms with Gasteiger partial charge in [0.15, 0.2) is 17.8 Å². The minimum atomic E-state index is 0.623. The van der Waals surface area contributed by atoms with Crippen LogP contribution in [-0.2, 0) is 4.79 Å². The molecule has 0 aliphatic heterocycles. The molecule has 0 bridgehead atoms. The van der Waals surface area contributed by atoms with Gasteiger partial charge in [-0.25, -0.2) is 0 Å². The van der Waals surface area contributed by atoms with E-state index in [1.165, 1.54) is 0 Å². The summed E-state index contributed by atoms with van der Waals surface area (Å²) in [6.07, 6.45) is 2.68. The van der Waals surface area contributed by atoms with E-state index in [0.717, 1.165) is 17.4 Å². The number of carbonyl (C=O) groups is 1. The fourth-order valence-corrected chi connectivity index (χ4v) is 1.94. The Hall–Kier alpha value is -2.55. The molecule has 0 aliphatic carbocycles. The van der Waals surface area contributed by atoms with Crippen LogP contribution >= 0.6 is 0 Å². The van der Waals surface area contributed by atoms with Crippen molar-refractivity contribution in [1.29, 1.82) is 0 Å². The van der Waals surface area contributed by atoms with E-state index in [1.807, 2.05) is 54.6 Å². The number of aldehydes is 1. The summed E-state index contributed by atoms with van der Waals surface area (Å²) in [6, 6.07) is 15.1. The van der Waals surface area contributed by atoms with Gasteiger partial charge in [-0.2, -0.15) is 0 Å². The van der Waals surface area contributed by atoms with E-state index in [2.05, 4.69) is 0 Å². The fourth-order valence-electron chi connectivity index (χ4n) is 1.94. The molecule has 0 aromatic heterocycles. The van der Waals surface area contributed by atoms with Gasteiger partial charge in [0, 0.05) is 5.57 Å². The number of carbonyl (C=O) groups excluding carboxylic acids is 1. The second-order valence-electron chi connectivity index (χ2n) is 4.20. The second kappa shape index (κ2) is 6.57. The van der Waals surface area contributed by atoms with Crippen molar-refractivity contribution in [3.63, 3.8) is 0 Å². The van der Waals surface area contributed by atoms with Gasteiger partial charge in [-0.15, -0.1) is 0 Å². The number of benzene rings is 2. The summed E-state index contributed by atoms with van der Waals surface area (Å²) >= 11 is 0. The van der Waals surface area contributed by atoms with Crippen molar-refractivity contribution in [3.05, 3.63) is 59.7 Å².